The molecule has 3 aromatic rings. The smallest absolute Gasteiger partial charge is 0.341 e. The lowest BCUT2D eigenvalue weighted by Gasteiger charge is -2.23. The highest BCUT2D eigenvalue weighted by Crippen LogP contribution is 2.47. The molecular formula is C26H25F3N6O5. The molecule has 5 atom stereocenters. The first kappa shape index (κ1) is 22.4. The molecule has 2 fully saturated rings. The number of anilines is 1. The van der Waals surface area contributed by atoms with Crippen LogP contribution in [0.25, 0.3) is 16.7 Å². The fourth-order valence-corrected chi connectivity index (χ4v) is 4.35. The first-order chi connectivity index (χ1) is 20.4. The molecule has 1 aliphatic carbocycles. The third-order valence-corrected chi connectivity index (χ3v) is 6.58. The van der Waals surface area contributed by atoms with E-state index in [2.05, 4.69) is 15.6 Å². The zero-order valence-electron chi connectivity index (χ0n) is 24.9. The molecule has 0 radical (unpaired) electrons. The molecule has 1 aromatic carbocycles. The Morgan fingerprint density at radius 2 is 1.80 bits per heavy atom. The number of hydrogen-bond donors (Lipinski definition) is 4. The van der Waals surface area contributed by atoms with Gasteiger partial charge in [-0.05, 0) is 32.0 Å². The molecule has 40 heavy (non-hydrogen) atoms. The van der Waals surface area contributed by atoms with Crippen LogP contribution in [0.2, 0.25) is 0 Å². The lowest BCUT2D eigenvalue weighted by molar-refractivity contribution is -0.129. The first-order valence-electron chi connectivity index (χ1n) is 14.0. The number of hydrogen-bond acceptors (Lipinski definition) is 7. The second kappa shape index (κ2) is 9.93. The topological polar surface area (TPSA) is 160 Å². The van der Waals surface area contributed by atoms with Crippen molar-refractivity contribution in [2.45, 2.75) is 32.0 Å². The van der Waals surface area contributed by atoms with Crippen molar-refractivity contribution in [1.29, 1.82) is 0 Å². The maximum Gasteiger partial charge on any atom is 0.341 e. The largest absolute Gasteiger partial charge is 0.477 e. The van der Waals surface area contributed by atoms with Crippen LogP contribution in [0, 0.1) is 29.3 Å². The van der Waals surface area contributed by atoms with Crippen molar-refractivity contribution < 1.29 is 38.1 Å². The number of piperidine rings is 1. The number of nitrogens with one attached hydrogen (secondary N) is 2. The SMILES string of the molecule is [2H]C1([2H])[C@@H]2C(NC(=O)[C@H](C)NC(=O)[C@H](C)N)[C@@H]2C([2H])([2H])N1c1nc2c(cc1F)c(=O)c(C(=O)O)cn2-c1ccc(F)cc1F. The monoisotopic (exact) mass is 562 g/mol. The molecule has 2 aliphatic rings. The number of amides is 2. The summed E-state index contributed by atoms with van der Waals surface area (Å²) in [6, 6.07) is -0.253. The van der Waals surface area contributed by atoms with Gasteiger partial charge in [-0.1, -0.05) is 0 Å². The summed E-state index contributed by atoms with van der Waals surface area (Å²) in [7, 11) is 0. The molecule has 14 heteroatoms. The van der Waals surface area contributed by atoms with Crippen LogP contribution < -0.4 is 26.7 Å². The molecule has 5 rings (SSSR count). The number of benzene rings is 1. The third kappa shape index (κ3) is 4.74. The van der Waals surface area contributed by atoms with Crippen molar-refractivity contribution in [1.82, 2.24) is 20.2 Å². The number of carboxylic acids is 1. The van der Waals surface area contributed by atoms with Gasteiger partial charge in [0.15, 0.2) is 17.3 Å². The molecule has 0 bridgehead atoms. The average Bonchev–Trinajstić information content (AvgIpc) is 3.61. The molecule has 210 valence electrons. The van der Waals surface area contributed by atoms with Crippen LogP contribution in [0.5, 0.6) is 0 Å². The molecule has 2 amide bonds. The zero-order valence-corrected chi connectivity index (χ0v) is 20.9. The summed E-state index contributed by atoms with van der Waals surface area (Å²) >= 11 is 0. The molecule has 1 saturated carbocycles. The Bertz CT molecular complexity index is 1780. The summed E-state index contributed by atoms with van der Waals surface area (Å²) in [5, 5.41) is 13.8. The second-order valence-electron chi connectivity index (χ2n) is 9.51. The van der Waals surface area contributed by atoms with Gasteiger partial charge in [-0.25, -0.2) is 22.9 Å². The van der Waals surface area contributed by atoms with Gasteiger partial charge in [-0.3, -0.25) is 19.0 Å². The van der Waals surface area contributed by atoms with Crippen molar-refractivity contribution in [3.8, 4) is 5.69 Å². The van der Waals surface area contributed by atoms with Gasteiger partial charge in [-0.2, -0.15) is 0 Å². The van der Waals surface area contributed by atoms with E-state index in [9.17, 15) is 33.1 Å². The van der Waals surface area contributed by atoms with Crippen molar-refractivity contribution in [2.24, 2.45) is 17.6 Å². The van der Waals surface area contributed by atoms with Gasteiger partial charge in [0.1, 0.15) is 23.2 Å². The fraction of sp³-hybridized carbons (Fsp3) is 0.346. The van der Waals surface area contributed by atoms with Crippen LogP contribution in [0.1, 0.15) is 29.7 Å². The van der Waals surface area contributed by atoms with Gasteiger partial charge in [0.25, 0.3) is 0 Å². The highest BCUT2D eigenvalue weighted by Gasteiger charge is 2.57. The average molecular weight is 563 g/mol. The highest BCUT2D eigenvalue weighted by atomic mass is 19.1. The van der Waals surface area contributed by atoms with Crippen LogP contribution in [0.15, 0.2) is 35.3 Å². The Labute approximate surface area is 230 Å². The normalized spacial score (nSPS) is 25.1. The molecule has 2 aromatic heterocycles. The Hall–Kier alpha value is -4.46. The van der Waals surface area contributed by atoms with E-state index in [0.29, 0.717) is 23.2 Å². The van der Waals surface area contributed by atoms with Crippen molar-refractivity contribution >= 4 is 34.6 Å². The number of halogens is 3. The van der Waals surface area contributed by atoms with Crippen LogP contribution in [0.4, 0.5) is 19.0 Å². The highest BCUT2D eigenvalue weighted by molar-refractivity contribution is 5.93. The number of carboxylic acid groups (broad SMARTS) is 1. The molecule has 5 N–H and O–H groups in total. The molecule has 11 nitrogen and oxygen atoms in total. The van der Waals surface area contributed by atoms with E-state index >= 15 is 4.39 Å². The second-order valence-corrected chi connectivity index (χ2v) is 9.51. The maximum atomic E-state index is 15.6. The van der Waals surface area contributed by atoms with E-state index < -0.39 is 112 Å². The summed E-state index contributed by atoms with van der Waals surface area (Å²) in [6.07, 6.45) is 0.694. The lowest BCUT2D eigenvalue weighted by Crippen LogP contribution is -2.50. The van der Waals surface area contributed by atoms with Crippen LogP contribution in [0.3, 0.4) is 0 Å². The Morgan fingerprint density at radius 3 is 2.40 bits per heavy atom. The van der Waals surface area contributed by atoms with Gasteiger partial charge in [0.2, 0.25) is 17.2 Å². The van der Waals surface area contributed by atoms with Crippen LogP contribution in [-0.2, 0) is 9.59 Å². The number of nitrogens with two attached hydrogens (primary N) is 1. The summed E-state index contributed by atoms with van der Waals surface area (Å²) in [6.45, 7) is -2.60. The standard InChI is InChI=1S/C26H25F3N6O5/c1-10(30)24(37)31-11(2)25(38)32-20-14-7-34(8-15(14)20)23-18(29)6-13-21(36)16(26(39)40)9-35(22(13)33-23)19-4-3-12(27)5-17(19)28/h3-6,9-11,14-15,20H,7-8,30H2,1-2H3,(H,31,37)(H,32,38)(H,39,40)/t10-,11-,14-,15+,20?/m0/s1/i7D2,8D2. The summed E-state index contributed by atoms with van der Waals surface area (Å²) < 4.78 is 79.6. The lowest BCUT2D eigenvalue weighted by atomic mass is 10.1. The number of carbonyl (C=O) groups is 3. The summed E-state index contributed by atoms with van der Waals surface area (Å²) in [5.41, 5.74) is 2.35. The third-order valence-electron chi connectivity index (χ3n) is 6.58. The zero-order chi connectivity index (χ0) is 32.6. The van der Waals surface area contributed by atoms with Crippen molar-refractivity contribution in [3.05, 3.63) is 63.7 Å². The quantitative estimate of drug-likeness (QED) is 0.331. The Morgan fingerprint density at radius 1 is 1.12 bits per heavy atom. The molecule has 0 spiro atoms. The minimum atomic E-state index is -2.68. The van der Waals surface area contributed by atoms with Crippen molar-refractivity contribution in [2.75, 3.05) is 17.9 Å². The Kier molecular flexibility index (Phi) is 5.55. The number of pyridine rings is 2. The molecule has 3 heterocycles. The van der Waals surface area contributed by atoms with Gasteiger partial charge >= 0.3 is 5.97 Å². The molecule has 1 saturated heterocycles. The number of fused-ring (bicyclic) bond motifs is 2. The molecule has 1 aliphatic heterocycles. The molecule has 1 unspecified atom stereocenters. The van der Waals surface area contributed by atoms with Gasteiger partial charge in [0, 0.05) is 48.6 Å². The number of rotatable bonds is 7. The molecular weight excluding hydrogens is 533 g/mol. The maximum absolute atomic E-state index is 15.6. The predicted octanol–water partition coefficient (Wildman–Crippen LogP) is 0.904. The fourth-order valence-electron chi connectivity index (χ4n) is 4.35. The number of aromatic carboxylic acids is 1. The number of aromatic nitrogens is 2. The van der Waals surface area contributed by atoms with Gasteiger partial charge < -0.3 is 26.4 Å². The predicted molar refractivity (Wildman–Crippen MR) is 137 cm³/mol. The van der Waals surface area contributed by atoms with E-state index in [1.54, 1.807) is 0 Å². The minimum absolute atomic E-state index is 0.412. The minimum Gasteiger partial charge on any atom is -0.477 e. The van der Waals surface area contributed by atoms with E-state index in [1.165, 1.54) is 13.8 Å². The van der Waals surface area contributed by atoms with Crippen LogP contribution >= 0.6 is 0 Å². The summed E-state index contributed by atoms with van der Waals surface area (Å²) in [4.78, 5) is 53.6. The van der Waals surface area contributed by atoms with E-state index in [-0.39, 0.29) is 0 Å². The van der Waals surface area contributed by atoms with Crippen LogP contribution in [-0.4, -0.2) is 63.6 Å². The van der Waals surface area contributed by atoms with E-state index in [0.717, 1.165) is 16.7 Å². The summed E-state index contributed by atoms with van der Waals surface area (Å²) in [5.74, 6) is -9.96. The van der Waals surface area contributed by atoms with Gasteiger partial charge in [-0.15, -0.1) is 0 Å². The van der Waals surface area contributed by atoms with Crippen molar-refractivity contribution in [3.63, 3.8) is 0 Å². The number of nitrogens with zero attached hydrogens (tertiary/aromatic N) is 3. The van der Waals surface area contributed by atoms with E-state index in [4.69, 9.17) is 11.2 Å². The first-order valence-corrected chi connectivity index (χ1v) is 12.0. The van der Waals surface area contributed by atoms with E-state index in [1.807, 2.05) is 0 Å². The number of carbonyl (C=O) groups excluding carboxylic acids is 2. The van der Waals surface area contributed by atoms with Gasteiger partial charge in [0.05, 0.1) is 17.1 Å². The Balaban J connectivity index is 1.56.